The molecule has 0 fully saturated rings. The molecule has 65 heavy (non-hydrogen) atoms. The lowest BCUT2D eigenvalue weighted by atomic mass is 9.93. The fourth-order valence-corrected chi connectivity index (χ4v) is 10.0. The normalized spacial score (nSPS) is 11.8. The van der Waals surface area contributed by atoms with Crippen LogP contribution >= 0.6 is 0 Å². The van der Waals surface area contributed by atoms with Gasteiger partial charge in [0.1, 0.15) is 28.1 Å². The number of benzene rings is 11. The highest BCUT2D eigenvalue weighted by atomic mass is 16.3. The van der Waals surface area contributed by atoms with Crippen molar-refractivity contribution < 1.29 is 13.9 Å². The van der Waals surface area contributed by atoms with Crippen LogP contribution in [0.4, 0.5) is 22.7 Å². The van der Waals surface area contributed by atoms with E-state index in [1.807, 2.05) is 54.6 Å². The minimum Gasteiger partial charge on any atom is -0.507 e. The van der Waals surface area contributed by atoms with Gasteiger partial charge in [0.25, 0.3) is 0 Å². The van der Waals surface area contributed by atoms with Crippen LogP contribution in [0.25, 0.3) is 110 Å². The van der Waals surface area contributed by atoms with Gasteiger partial charge in [-0.15, -0.1) is 0 Å². The Kier molecular flexibility index (Phi) is 8.30. The van der Waals surface area contributed by atoms with Gasteiger partial charge in [-0.05, 0) is 121 Å². The summed E-state index contributed by atoms with van der Waals surface area (Å²) in [5.41, 5.74) is 13.3. The van der Waals surface area contributed by atoms with Gasteiger partial charge in [0.05, 0.1) is 0 Å². The maximum atomic E-state index is 11.8. The van der Waals surface area contributed by atoms with Crippen molar-refractivity contribution in [2.45, 2.75) is 0 Å². The predicted octanol–water partition coefficient (Wildman–Crippen LogP) is 17.1. The number of phenolic OH excluding ortho intramolecular Hbond substituents is 1. The Balaban J connectivity index is 0.856. The minimum absolute atomic E-state index is 0.191. The number of furan rings is 2. The number of nitrogens with one attached hydrogen (secondary N) is 2. The Morgan fingerprint density at radius 1 is 0.292 bits per heavy atom. The zero-order chi connectivity index (χ0) is 43.0. The summed E-state index contributed by atoms with van der Waals surface area (Å²) in [7, 11) is 0. The van der Waals surface area contributed by atoms with Crippen molar-refractivity contribution in [2.75, 3.05) is 10.6 Å². The van der Waals surface area contributed by atoms with E-state index in [0.717, 1.165) is 127 Å². The third kappa shape index (κ3) is 6.09. The summed E-state index contributed by atoms with van der Waals surface area (Å²) in [5.74, 6) is 0.191. The smallest absolute Gasteiger partial charge is 0.136 e. The number of phenols is 1. The number of fused-ring (bicyclic) bond motifs is 9. The summed E-state index contributed by atoms with van der Waals surface area (Å²) in [6.45, 7) is 0. The van der Waals surface area contributed by atoms with E-state index in [4.69, 9.17) is 8.83 Å². The van der Waals surface area contributed by atoms with Crippen LogP contribution in [0, 0.1) is 0 Å². The molecule has 0 atom stereocenters. The first-order valence-electron chi connectivity index (χ1n) is 21.9. The average Bonchev–Trinajstić information content (AvgIpc) is 3.93. The highest BCUT2D eigenvalue weighted by molar-refractivity contribution is 6.17. The molecular formula is C60H38N2O3. The van der Waals surface area contributed by atoms with Crippen LogP contribution in [-0.2, 0) is 0 Å². The molecule has 0 aliphatic heterocycles. The average molecular weight is 835 g/mol. The lowest BCUT2D eigenvalue weighted by Crippen LogP contribution is -1.95. The monoisotopic (exact) mass is 834 g/mol. The highest BCUT2D eigenvalue weighted by Crippen LogP contribution is 2.45. The minimum atomic E-state index is 0.191. The van der Waals surface area contributed by atoms with E-state index in [1.54, 1.807) is 0 Å². The fourth-order valence-electron chi connectivity index (χ4n) is 10.0. The zero-order valence-corrected chi connectivity index (χ0v) is 35.0. The first-order chi connectivity index (χ1) is 32.1. The van der Waals surface area contributed by atoms with Gasteiger partial charge in [0.15, 0.2) is 0 Å². The third-order valence-electron chi connectivity index (χ3n) is 12.9. The van der Waals surface area contributed by atoms with E-state index in [0.29, 0.717) is 0 Å². The van der Waals surface area contributed by atoms with Crippen molar-refractivity contribution in [3.63, 3.8) is 0 Å². The molecule has 0 bridgehead atoms. The molecule has 3 N–H and O–H groups in total. The molecule has 0 spiro atoms. The second-order valence-electron chi connectivity index (χ2n) is 16.7. The van der Waals surface area contributed by atoms with Crippen molar-refractivity contribution in [3.05, 3.63) is 212 Å². The van der Waals surface area contributed by atoms with Crippen LogP contribution < -0.4 is 10.6 Å². The number of hydrogen-bond donors (Lipinski definition) is 3. The van der Waals surface area contributed by atoms with E-state index >= 15 is 0 Å². The number of hydrogen-bond acceptors (Lipinski definition) is 5. The Bertz CT molecular complexity index is 4050. The fraction of sp³-hybridized carbons (Fsp3) is 0. The molecule has 5 nitrogen and oxygen atoms in total. The first kappa shape index (κ1) is 36.8. The summed E-state index contributed by atoms with van der Waals surface area (Å²) in [6, 6.07) is 73.3. The number of aromatic hydroxyl groups is 1. The largest absolute Gasteiger partial charge is 0.507 e. The van der Waals surface area contributed by atoms with Gasteiger partial charge in [-0.25, -0.2) is 0 Å². The predicted molar refractivity (Wildman–Crippen MR) is 271 cm³/mol. The van der Waals surface area contributed by atoms with E-state index in [1.165, 1.54) is 5.39 Å². The summed E-state index contributed by atoms with van der Waals surface area (Å²) in [5, 5.41) is 30.3. The summed E-state index contributed by atoms with van der Waals surface area (Å²) in [4.78, 5) is 0. The molecule has 13 aromatic rings. The van der Waals surface area contributed by atoms with Crippen LogP contribution in [0.15, 0.2) is 221 Å². The van der Waals surface area contributed by atoms with Crippen molar-refractivity contribution in [3.8, 4) is 39.1 Å². The Morgan fingerprint density at radius 3 is 1.35 bits per heavy atom. The van der Waals surface area contributed by atoms with Gasteiger partial charge in [-0.3, -0.25) is 0 Å². The molecule has 0 unspecified atom stereocenters. The molecule has 0 saturated heterocycles. The molecule has 2 aromatic heterocycles. The van der Waals surface area contributed by atoms with E-state index in [2.05, 4.69) is 168 Å². The van der Waals surface area contributed by atoms with Crippen molar-refractivity contribution in [2.24, 2.45) is 0 Å². The number of para-hydroxylation sites is 2. The van der Waals surface area contributed by atoms with Crippen LogP contribution in [0.2, 0.25) is 0 Å². The maximum absolute atomic E-state index is 11.8. The zero-order valence-electron chi connectivity index (χ0n) is 35.0. The molecule has 0 aliphatic rings. The van der Waals surface area contributed by atoms with Gasteiger partial charge < -0.3 is 24.6 Å². The molecule has 2 heterocycles. The molecule has 0 saturated carbocycles. The van der Waals surface area contributed by atoms with Crippen molar-refractivity contribution in [1.29, 1.82) is 0 Å². The van der Waals surface area contributed by atoms with Crippen LogP contribution in [0.1, 0.15) is 0 Å². The molecule has 0 radical (unpaired) electrons. The van der Waals surface area contributed by atoms with Gasteiger partial charge in [0, 0.05) is 61.3 Å². The standard InChI is InChI=1S/C60H38N2O3/c63-54-35-38(61-39-31-36-13-1-3-15-41(36)51(33-39)47-21-11-25-57-59(47)49-19-7-9-23-55(49)64-57)27-28-46(54)44-29-30-53(45-18-6-5-17-43(44)45)62-40-32-37-14-2-4-16-42(37)52(34-40)48-22-12-26-58-60(48)50-20-8-10-24-56(50)65-58/h1-35,61-63H. The molecule has 0 amide bonds. The van der Waals surface area contributed by atoms with Crippen LogP contribution in [0.3, 0.4) is 0 Å². The second-order valence-corrected chi connectivity index (χ2v) is 16.7. The van der Waals surface area contributed by atoms with Crippen LogP contribution in [0.5, 0.6) is 5.75 Å². The maximum Gasteiger partial charge on any atom is 0.136 e. The number of anilines is 4. The lowest BCUT2D eigenvalue weighted by Gasteiger charge is -2.17. The van der Waals surface area contributed by atoms with E-state index < -0.39 is 0 Å². The molecule has 11 aromatic carbocycles. The topological polar surface area (TPSA) is 70.6 Å². The Labute approximate surface area is 373 Å². The molecule has 0 aliphatic carbocycles. The molecule has 13 rings (SSSR count). The van der Waals surface area contributed by atoms with Crippen molar-refractivity contribution >= 4 is 98.9 Å². The molecule has 5 heteroatoms. The van der Waals surface area contributed by atoms with E-state index in [-0.39, 0.29) is 5.75 Å². The summed E-state index contributed by atoms with van der Waals surface area (Å²) in [6.07, 6.45) is 0. The Morgan fingerprint density at radius 2 is 0.769 bits per heavy atom. The van der Waals surface area contributed by atoms with E-state index in [9.17, 15) is 5.11 Å². The first-order valence-corrected chi connectivity index (χ1v) is 21.9. The van der Waals surface area contributed by atoms with Gasteiger partial charge in [0.2, 0.25) is 0 Å². The quantitative estimate of drug-likeness (QED) is 0.149. The molecule has 306 valence electrons. The Hall–Kier alpha value is -8.80. The number of rotatable bonds is 7. The van der Waals surface area contributed by atoms with Gasteiger partial charge >= 0.3 is 0 Å². The lowest BCUT2D eigenvalue weighted by molar-refractivity contribution is 0.477. The molecular weight excluding hydrogens is 797 g/mol. The summed E-state index contributed by atoms with van der Waals surface area (Å²) < 4.78 is 12.6. The third-order valence-corrected chi connectivity index (χ3v) is 12.9. The van der Waals surface area contributed by atoms with Gasteiger partial charge in [-0.1, -0.05) is 140 Å². The van der Waals surface area contributed by atoms with Crippen LogP contribution in [-0.4, -0.2) is 5.11 Å². The highest BCUT2D eigenvalue weighted by Gasteiger charge is 2.19. The SMILES string of the molecule is Oc1cc(Nc2cc(-c3cccc4oc5ccccc5c34)c3ccccc3c2)ccc1-c1ccc(Nc2cc(-c3cccc4oc5ccccc5c34)c3ccccc3c2)c2ccccc12. The summed E-state index contributed by atoms with van der Waals surface area (Å²) >= 11 is 0. The second kappa shape index (κ2) is 14.7. The van der Waals surface area contributed by atoms with Gasteiger partial charge in [-0.2, -0.15) is 0 Å². The van der Waals surface area contributed by atoms with Crippen molar-refractivity contribution in [1.82, 2.24) is 0 Å².